The van der Waals surface area contributed by atoms with E-state index in [-0.39, 0.29) is 24.5 Å². The van der Waals surface area contributed by atoms with Crippen molar-refractivity contribution in [1.82, 2.24) is 15.1 Å². The number of carbonyl (C=O) groups is 2. The predicted octanol–water partition coefficient (Wildman–Crippen LogP) is 1.49. The van der Waals surface area contributed by atoms with E-state index in [0.717, 1.165) is 51.9 Å². The Morgan fingerprint density at radius 1 is 1.07 bits per heavy atom. The molecule has 2 amide bonds. The lowest BCUT2D eigenvalue weighted by atomic mass is 9.92. The third kappa shape index (κ3) is 4.70. The van der Waals surface area contributed by atoms with E-state index in [1.807, 2.05) is 11.0 Å². The zero-order valence-electron chi connectivity index (χ0n) is 17.6. The number of ether oxygens (including phenoxy) is 3. The molecule has 1 N–H and O–H groups in total. The third-order valence-electron chi connectivity index (χ3n) is 6.39. The lowest BCUT2D eigenvalue weighted by molar-refractivity contribution is -0.126. The summed E-state index contributed by atoms with van der Waals surface area (Å²) in [5.41, 5.74) is 0.651. The minimum atomic E-state index is 0.0539. The molecule has 0 saturated carbocycles. The molecule has 0 aromatic heterocycles. The summed E-state index contributed by atoms with van der Waals surface area (Å²) in [6.45, 7) is 4.75. The van der Waals surface area contributed by atoms with Gasteiger partial charge in [0.05, 0.1) is 6.61 Å². The first-order valence-corrected chi connectivity index (χ1v) is 10.9. The molecule has 3 aliphatic heterocycles. The summed E-state index contributed by atoms with van der Waals surface area (Å²) in [5.74, 6) is 1.64. The molecule has 164 valence electrons. The Morgan fingerprint density at radius 3 is 2.53 bits per heavy atom. The van der Waals surface area contributed by atoms with Crippen LogP contribution in [-0.4, -0.2) is 80.9 Å². The summed E-state index contributed by atoms with van der Waals surface area (Å²) in [4.78, 5) is 29.5. The van der Waals surface area contributed by atoms with Gasteiger partial charge in [-0.25, -0.2) is 0 Å². The van der Waals surface area contributed by atoms with Gasteiger partial charge in [0.15, 0.2) is 11.5 Å². The summed E-state index contributed by atoms with van der Waals surface area (Å²) >= 11 is 0. The van der Waals surface area contributed by atoms with E-state index in [2.05, 4.69) is 10.2 Å². The molecule has 2 fully saturated rings. The average molecular weight is 418 g/mol. The zero-order valence-corrected chi connectivity index (χ0v) is 17.6. The van der Waals surface area contributed by atoms with Crippen LogP contribution in [0.4, 0.5) is 0 Å². The van der Waals surface area contributed by atoms with Gasteiger partial charge >= 0.3 is 0 Å². The highest BCUT2D eigenvalue weighted by molar-refractivity contribution is 5.95. The first-order chi connectivity index (χ1) is 14.7. The molecule has 0 aliphatic carbocycles. The number of likely N-dealkylation sites (tertiary alicyclic amines) is 2. The van der Waals surface area contributed by atoms with Gasteiger partial charge in [-0.15, -0.1) is 0 Å². The number of fused-ring (bicyclic) bond motifs is 1. The summed E-state index contributed by atoms with van der Waals surface area (Å²) in [6, 6.07) is 5.88. The van der Waals surface area contributed by atoms with E-state index in [9.17, 15) is 9.59 Å². The monoisotopic (exact) mass is 417 g/mol. The Hall–Kier alpha value is -2.32. The number of nitrogens with one attached hydrogen (secondary N) is 1. The molecular formula is C22H31N3O5. The second-order valence-corrected chi connectivity index (χ2v) is 8.19. The van der Waals surface area contributed by atoms with Crippen molar-refractivity contribution in [2.75, 3.05) is 53.2 Å². The maximum Gasteiger partial charge on any atom is 0.253 e. The maximum atomic E-state index is 12.9. The van der Waals surface area contributed by atoms with Crippen molar-refractivity contribution in [3.8, 4) is 11.5 Å². The Balaban J connectivity index is 1.22. The molecule has 1 aromatic rings. The summed E-state index contributed by atoms with van der Waals surface area (Å²) in [6.07, 6.45) is 3.74. The van der Waals surface area contributed by atoms with Crippen LogP contribution < -0.4 is 14.8 Å². The topological polar surface area (TPSA) is 80.3 Å². The normalized spacial score (nSPS) is 20.4. The van der Waals surface area contributed by atoms with Crippen molar-refractivity contribution in [2.45, 2.75) is 31.7 Å². The molecule has 0 atom stereocenters. The number of nitrogens with zero attached hydrogens (tertiary/aromatic N) is 2. The fraction of sp³-hybridized carbons (Fsp3) is 0.636. The molecule has 30 heavy (non-hydrogen) atoms. The van der Waals surface area contributed by atoms with Crippen LogP contribution in [0.15, 0.2) is 18.2 Å². The molecule has 2 saturated heterocycles. The van der Waals surface area contributed by atoms with Crippen molar-refractivity contribution < 1.29 is 23.8 Å². The second-order valence-electron chi connectivity index (χ2n) is 8.19. The Bertz CT molecular complexity index is 755. The van der Waals surface area contributed by atoms with Gasteiger partial charge in [-0.1, -0.05) is 0 Å². The van der Waals surface area contributed by atoms with Crippen molar-refractivity contribution in [3.63, 3.8) is 0 Å². The quantitative estimate of drug-likeness (QED) is 0.707. The molecule has 0 radical (unpaired) electrons. The molecule has 4 rings (SSSR count). The molecule has 3 aliphatic rings. The van der Waals surface area contributed by atoms with E-state index >= 15 is 0 Å². The highest BCUT2D eigenvalue weighted by atomic mass is 16.7. The average Bonchev–Trinajstić information content (AvgIpc) is 3.27. The maximum absolute atomic E-state index is 12.9. The molecule has 3 heterocycles. The highest BCUT2D eigenvalue weighted by Gasteiger charge is 2.32. The number of piperidine rings is 2. The number of benzene rings is 1. The number of amides is 2. The predicted molar refractivity (Wildman–Crippen MR) is 111 cm³/mol. The number of carbonyl (C=O) groups excluding carboxylic acids is 2. The van der Waals surface area contributed by atoms with Crippen LogP contribution in [-0.2, 0) is 9.53 Å². The van der Waals surface area contributed by atoms with Crippen molar-refractivity contribution >= 4 is 11.8 Å². The first-order valence-electron chi connectivity index (χ1n) is 10.9. The number of rotatable bonds is 6. The van der Waals surface area contributed by atoms with Gasteiger partial charge in [-0.05, 0) is 57.0 Å². The van der Waals surface area contributed by atoms with Gasteiger partial charge in [-0.3, -0.25) is 9.59 Å². The van der Waals surface area contributed by atoms with E-state index in [1.165, 1.54) is 0 Å². The van der Waals surface area contributed by atoms with E-state index in [0.29, 0.717) is 36.3 Å². The largest absolute Gasteiger partial charge is 0.454 e. The van der Waals surface area contributed by atoms with Crippen molar-refractivity contribution in [2.24, 2.45) is 5.92 Å². The van der Waals surface area contributed by atoms with Crippen LogP contribution in [0.2, 0.25) is 0 Å². The van der Waals surface area contributed by atoms with Gasteiger partial charge in [0.1, 0.15) is 0 Å². The fourth-order valence-electron chi connectivity index (χ4n) is 4.59. The molecule has 8 nitrogen and oxygen atoms in total. The molecular weight excluding hydrogens is 386 g/mol. The fourth-order valence-corrected chi connectivity index (χ4v) is 4.59. The first kappa shape index (κ1) is 20.9. The van der Waals surface area contributed by atoms with Crippen LogP contribution >= 0.6 is 0 Å². The van der Waals surface area contributed by atoms with Gasteiger partial charge in [0, 0.05) is 44.3 Å². The summed E-state index contributed by atoms with van der Waals surface area (Å²) in [5, 5.41) is 2.95. The van der Waals surface area contributed by atoms with Gasteiger partial charge in [-0.2, -0.15) is 0 Å². The van der Waals surface area contributed by atoms with Crippen LogP contribution in [0, 0.1) is 5.92 Å². The minimum absolute atomic E-state index is 0.0539. The Morgan fingerprint density at radius 2 is 1.80 bits per heavy atom. The van der Waals surface area contributed by atoms with Crippen LogP contribution in [0.25, 0.3) is 0 Å². The smallest absolute Gasteiger partial charge is 0.253 e. The Kier molecular flexibility index (Phi) is 6.74. The van der Waals surface area contributed by atoms with Crippen LogP contribution in [0.3, 0.4) is 0 Å². The van der Waals surface area contributed by atoms with Crippen LogP contribution in [0.1, 0.15) is 36.0 Å². The van der Waals surface area contributed by atoms with E-state index < -0.39 is 0 Å². The lowest BCUT2D eigenvalue weighted by Gasteiger charge is -2.41. The molecule has 0 unspecified atom stereocenters. The lowest BCUT2D eigenvalue weighted by Crippen LogP contribution is -2.50. The highest BCUT2D eigenvalue weighted by Crippen LogP contribution is 2.33. The van der Waals surface area contributed by atoms with Gasteiger partial charge in [0.25, 0.3) is 5.91 Å². The third-order valence-corrected chi connectivity index (χ3v) is 6.39. The number of methoxy groups -OCH3 is 1. The van der Waals surface area contributed by atoms with Crippen molar-refractivity contribution in [1.29, 1.82) is 0 Å². The summed E-state index contributed by atoms with van der Waals surface area (Å²) in [7, 11) is 1.64. The number of hydrogen-bond donors (Lipinski definition) is 1. The molecule has 0 spiro atoms. The zero-order chi connectivity index (χ0) is 20.9. The van der Waals surface area contributed by atoms with E-state index in [1.54, 1.807) is 19.2 Å². The Labute approximate surface area is 177 Å². The number of hydrogen-bond acceptors (Lipinski definition) is 6. The van der Waals surface area contributed by atoms with Crippen LogP contribution in [0.5, 0.6) is 11.5 Å². The van der Waals surface area contributed by atoms with Gasteiger partial charge < -0.3 is 29.3 Å². The second kappa shape index (κ2) is 9.66. The SMILES string of the molecule is COCCNC(=O)C1CCN(C2CCN(C(=O)c3ccc4c(c3)OCO4)CC2)CC1. The molecule has 8 heteroatoms. The van der Waals surface area contributed by atoms with Crippen molar-refractivity contribution in [3.05, 3.63) is 23.8 Å². The van der Waals surface area contributed by atoms with Gasteiger partial charge in [0.2, 0.25) is 12.7 Å². The van der Waals surface area contributed by atoms with E-state index in [4.69, 9.17) is 14.2 Å². The molecule has 0 bridgehead atoms. The minimum Gasteiger partial charge on any atom is -0.454 e. The molecule has 1 aromatic carbocycles. The standard InChI is InChI=1S/C22H31N3O5/c1-28-13-8-23-21(26)16-4-9-24(10-5-16)18-6-11-25(12-7-18)22(27)17-2-3-19-20(14-17)30-15-29-19/h2-3,14,16,18H,4-13,15H2,1H3,(H,23,26). The summed E-state index contributed by atoms with van der Waals surface area (Å²) < 4.78 is 15.7.